The molecule has 1 aliphatic rings. The van der Waals surface area contributed by atoms with Crippen LogP contribution in [0.2, 0.25) is 0 Å². The Kier molecular flexibility index (Phi) is 6.18. The average Bonchev–Trinajstić information content (AvgIpc) is 3.11. The molecule has 0 bridgehead atoms. The molecule has 0 atom stereocenters. The lowest BCUT2D eigenvalue weighted by molar-refractivity contribution is 0.144. The van der Waals surface area contributed by atoms with Crippen LogP contribution in [-0.4, -0.2) is 72.3 Å². The first-order valence-corrected chi connectivity index (χ1v) is 9.08. The molecule has 0 spiro atoms. The number of benzene rings is 1. The molecule has 0 unspecified atom stereocenters. The molecule has 1 N–H and O–H groups in total. The van der Waals surface area contributed by atoms with E-state index >= 15 is 0 Å². The van der Waals surface area contributed by atoms with Gasteiger partial charge >= 0.3 is 6.03 Å². The molecule has 2 aromatic rings. The molecule has 1 aromatic carbocycles. The summed E-state index contributed by atoms with van der Waals surface area (Å²) in [6, 6.07) is 5.24. The molecule has 2 amide bonds. The van der Waals surface area contributed by atoms with Gasteiger partial charge in [0, 0.05) is 57.7 Å². The second kappa shape index (κ2) is 8.77. The van der Waals surface area contributed by atoms with Crippen molar-refractivity contribution >= 4 is 11.7 Å². The number of piperazine rings is 1. The van der Waals surface area contributed by atoms with Crippen LogP contribution in [0.15, 0.2) is 30.6 Å². The molecule has 0 saturated carbocycles. The van der Waals surface area contributed by atoms with Crippen LogP contribution in [0.3, 0.4) is 0 Å². The summed E-state index contributed by atoms with van der Waals surface area (Å²) in [5.74, 6) is 2.30. The number of hydrogen-bond donors (Lipinski definition) is 1. The predicted molar refractivity (Wildman–Crippen MR) is 104 cm³/mol. The first-order chi connectivity index (χ1) is 13.1. The van der Waals surface area contributed by atoms with Gasteiger partial charge < -0.3 is 24.3 Å². The molecule has 1 fully saturated rings. The molecule has 0 aliphatic carbocycles. The summed E-state index contributed by atoms with van der Waals surface area (Å²) in [6.07, 6.45) is 3.83. The molecule has 27 heavy (non-hydrogen) atoms. The molecule has 3 rings (SSSR count). The number of nitrogens with one attached hydrogen (secondary N) is 1. The van der Waals surface area contributed by atoms with Crippen molar-refractivity contribution in [3.8, 4) is 11.5 Å². The van der Waals surface area contributed by atoms with Crippen molar-refractivity contribution in [1.29, 1.82) is 0 Å². The molecule has 146 valence electrons. The summed E-state index contributed by atoms with van der Waals surface area (Å²) in [5.41, 5.74) is 0.640. The minimum atomic E-state index is -0.108. The highest BCUT2D eigenvalue weighted by Gasteiger charge is 2.22. The summed E-state index contributed by atoms with van der Waals surface area (Å²) in [7, 11) is 3.17. The van der Waals surface area contributed by atoms with Gasteiger partial charge in [0.2, 0.25) is 0 Å². The van der Waals surface area contributed by atoms with E-state index < -0.39 is 0 Å². The molecule has 1 saturated heterocycles. The van der Waals surface area contributed by atoms with Gasteiger partial charge in [-0.3, -0.25) is 4.90 Å². The fraction of sp³-hybridized carbons (Fsp3) is 0.474. The summed E-state index contributed by atoms with van der Waals surface area (Å²) in [5, 5.41) is 2.93. The van der Waals surface area contributed by atoms with Crippen LogP contribution in [0.1, 0.15) is 5.82 Å². The Morgan fingerprint density at radius 1 is 1.15 bits per heavy atom. The van der Waals surface area contributed by atoms with Crippen LogP contribution in [0, 0.1) is 6.92 Å². The zero-order valence-electron chi connectivity index (χ0n) is 16.1. The zero-order chi connectivity index (χ0) is 19.2. The summed E-state index contributed by atoms with van der Waals surface area (Å²) in [6.45, 7) is 7.01. The van der Waals surface area contributed by atoms with E-state index in [-0.39, 0.29) is 6.03 Å². The monoisotopic (exact) mass is 373 g/mol. The van der Waals surface area contributed by atoms with Gasteiger partial charge in [0.15, 0.2) is 0 Å². The number of amides is 2. The number of methoxy groups -OCH3 is 2. The third-order valence-corrected chi connectivity index (χ3v) is 4.89. The molecule has 1 aromatic heterocycles. The lowest BCUT2D eigenvalue weighted by Crippen LogP contribution is -2.50. The van der Waals surface area contributed by atoms with Crippen molar-refractivity contribution in [1.82, 2.24) is 19.4 Å². The molecule has 8 nitrogen and oxygen atoms in total. The van der Waals surface area contributed by atoms with Crippen LogP contribution in [0.25, 0.3) is 0 Å². The van der Waals surface area contributed by atoms with E-state index in [1.807, 2.05) is 24.2 Å². The minimum Gasteiger partial charge on any atom is -0.497 e. The zero-order valence-corrected chi connectivity index (χ0v) is 16.1. The Labute approximate surface area is 159 Å². The molecule has 8 heteroatoms. The van der Waals surface area contributed by atoms with Gasteiger partial charge in [-0.1, -0.05) is 0 Å². The third-order valence-electron chi connectivity index (χ3n) is 4.89. The van der Waals surface area contributed by atoms with Gasteiger partial charge in [0.05, 0.1) is 19.9 Å². The molecular formula is C19H27N5O3. The highest BCUT2D eigenvalue weighted by atomic mass is 16.5. The van der Waals surface area contributed by atoms with Crippen LogP contribution in [0.5, 0.6) is 11.5 Å². The highest BCUT2D eigenvalue weighted by molar-refractivity contribution is 5.91. The first-order valence-electron chi connectivity index (χ1n) is 9.08. The minimum absolute atomic E-state index is 0.108. The fourth-order valence-corrected chi connectivity index (χ4v) is 3.16. The van der Waals surface area contributed by atoms with Gasteiger partial charge in [-0.2, -0.15) is 0 Å². The number of rotatable bonds is 6. The number of aromatic nitrogens is 2. The van der Waals surface area contributed by atoms with Gasteiger partial charge in [-0.15, -0.1) is 0 Å². The Balaban J connectivity index is 1.49. The third kappa shape index (κ3) is 4.71. The van der Waals surface area contributed by atoms with Crippen molar-refractivity contribution in [2.45, 2.75) is 13.5 Å². The van der Waals surface area contributed by atoms with Crippen LogP contribution in [0.4, 0.5) is 10.5 Å². The molecule has 1 aliphatic heterocycles. The Hall–Kier alpha value is -2.74. The Morgan fingerprint density at radius 2 is 1.93 bits per heavy atom. The first kappa shape index (κ1) is 19.0. The van der Waals surface area contributed by atoms with E-state index in [1.54, 1.807) is 32.4 Å². The van der Waals surface area contributed by atoms with Gasteiger partial charge in [0.25, 0.3) is 0 Å². The summed E-state index contributed by atoms with van der Waals surface area (Å²) >= 11 is 0. The SMILES string of the molecule is COc1ccc(NC(=O)N2CCN(CCn3ccnc3C)CC2)c(OC)c1. The molecule has 2 heterocycles. The quantitative estimate of drug-likeness (QED) is 0.839. The number of aryl methyl sites for hydroxylation is 1. The number of ether oxygens (including phenoxy) is 2. The van der Waals surface area contributed by atoms with E-state index in [9.17, 15) is 4.79 Å². The topological polar surface area (TPSA) is 71.9 Å². The van der Waals surface area contributed by atoms with Crippen LogP contribution < -0.4 is 14.8 Å². The van der Waals surface area contributed by atoms with E-state index in [1.165, 1.54) is 0 Å². The van der Waals surface area contributed by atoms with Crippen LogP contribution in [-0.2, 0) is 6.54 Å². The largest absolute Gasteiger partial charge is 0.497 e. The van der Waals surface area contributed by atoms with Crippen molar-refractivity contribution in [2.75, 3.05) is 52.3 Å². The van der Waals surface area contributed by atoms with Crippen molar-refractivity contribution in [3.63, 3.8) is 0 Å². The molecule has 0 radical (unpaired) electrons. The Morgan fingerprint density at radius 3 is 2.56 bits per heavy atom. The lowest BCUT2D eigenvalue weighted by atomic mass is 10.2. The van der Waals surface area contributed by atoms with Crippen LogP contribution >= 0.6 is 0 Å². The summed E-state index contributed by atoms with van der Waals surface area (Å²) in [4.78, 5) is 21.0. The van der Waals surface area contributed by atoms with Gasteiger partial charge in [-0.25, -0.2) is 9.78 Å². The number of hydrogen-bond acceptors (Lipinski definition) is 5. The number of carbonyl (C=O) groups excluding carboxylic acids is 1. The molecular weight excluding hydrogens is 346 g/mol. The number of nitrogens with zero attached hydrogens (tertiary/aromatic N) is 4. The van der Waals surface area contributed by atoms with Crippen molar-refractivity contribution in [3.05, 3.63) is 36.4 Å². The van der Waals surface area contributed by atoms with Crippen molar-refractivity contribution in [2.24, 2.45) is 0 Å². The van der Waals surface area contributed by atoms with Gasteiger partial charge in [-0.05, 0) is 19.1 Å². The standard InChI is InChI=1S/C19H27N5O3/c1-15-20-6-7-23(15)11-8-22-9-12-24(13-10-22)19(25)21-17-5-4-16(26-2)14-18(17)27-3/h4-7,14H,8-13H2,1-3H3,(H,21,25). The van der Waals surface area contributed by atoms with E-state index in [0.717, 1.165) is 32.0 Å². The number of anilines is 1. The van der Waals surface area contributed by atoms with E-state index in [2.05, 4.69) is 19.8 Å². The Bertz CT molecular complexity index is 768. The number of carbonyl (C=O) groups is 1. The maximum absolute atomic E-state index is 12.6. The van der Waals surface area contributed by atoms with E-state index in [4.69, 9.17) is 9.47 Å². The number of imidazole rings is 1. The second-order valence-corrected chi connectivity index (χ2v) is 6.49. The number of urea groups is 1. The highest BCUT2D eigenvalue weighted by Crippen LogP contribution is 2.29. The predicted octanol–water partition coefficient (Wildman–Crippen LogP) is 2.06. The van der Waals surface area contributed by atoms with E-state index in [0.29, 0.717) is 30.3 Å². The van der Waals surface area contributed by atoms with Gasteiger partial charge in [0.1, 0.15) is 17.3 Å². The maximum atomic E-state index is 12.6. The summed E-state index contributed by atoms with van der Waals surface area (Å²) < 4.78 is 12.7. The smallest absolute Gasteiger partial charge is 0.322 e. The normalized spacial score (nSPS) is 14.9. The average molecular weight is 373 g/mol. The van der Waals surface area contributed by atoms with Crippen molar-refractivity contribution < 1.29 is 14.3 Å². The second-order valence-electron chi connectivity index (χ2n) is 6.49. The fourth-order valence-electron chi connectivity index (χ4n) is 3.16. The maximum Gasteiger partial charge on any atom is 0.322 e. The lowest BCUT2D eigenvalue weighted by Gasteiger charge is -2.34.